The van der Waals surface area contributed by atoms with Crippen molar-refractivity contribution in [2.24, 2.45) is 11.8 Å². The number of ether oxygens (including phenoxy) is 1. The fraction of sp³-hybridized carbons (Fsp3) is 0.389. The third-order valence-corrected chi connectivity index (χ3v) is 4.76. The molecule has 2 rings (SSSR count). The highest BCUT2D eigenvalue weighted by atomic mass is 32.1. The number of aromatic nitrogens is 1. The Morgan fingerprint density at radius 3 is 2.62 bits per heavy atom. The van der Waals surface area contributed by atoms with Crippen LogP contribution in [0.2, 0.25) is 0 Å². The Morgan fingerprint density at radius 1 is 1.29 bits per heavy atom. The van der Waals surface area contributed by atoms with Gasteiger partial charge in [-0.05, 0) is 18.1 Å². The van der Waals surface area contributed by atoms with Gasteiger partial charge in [0.05, 0.1) is 24.3 Å². The van der Waals surface area contributed by atoms with Gasteiger partial charge in [0.1, 0.15) is 16.5 Å². The average Bonchev–Trinajstić information content (AvgIpc) is 3.00. The predicted octanol–water partition coefficient (Wildman–Crippen LogP) is 3.68. The van der Waals surface area contributed by atoms with E-state index in [9.17, 15) is 14.7 Å². The smallest absolute Gasteiger partial charge is 0.307 e. The van der Waals surface area contributed by atoms with Gasteiger partial charge in [-0.2, -0.15) is 0 Å². The summed E-state index contributed by atoms with van der Waals surface area (Å²) in [7, 11) is 1.61. The van der Waals surface area contributed by atoms with E-state index in [4.69, 9.17) is 4.74 Å². The molecule has 0 bridgehead atoms. The molecule has 0 spiro atoms. The van der Waals surface area contributed by atoms with Crippen LogP contribution in [0.3, 0.4) is 0 Å². The third-order valence-electron chi connectivity index (χ3n) is 3.84. The van der Waals surface area contributed by atoms with Gasteiger partial charge in [-0.25, -0.2) is 4.98 Å². The second kappa shape index (κ2) is 8.06. The number of carbonyl (C=O) groups is 2. The Bertz CT molecular complexity index is 723. The van der Waals surface area contributed by atoms with Crippen LogP contribution in [-0.4, -0.2) is 29.0 Å². The van der Waals surface area contributed by atoms with Gasteiger partial charge >= 0.3 is 5.97 Å². The molecule has 1 aromatic carbocycles. The zero-order chi connectivity index (χ0) is 17.7. The highest BCUT2D eigenvalue weighted by Crippen LogP contribution is 2.32. The van der Waals surface area contributed by atoms with Crippen LogP contribution < -0.4 is 4.74 Å². The number of benzene rings is 1. The summed E-state index contributed by atoms with van der Waals surface area (Å²) in [5, 5.41) is 11.8. The molecule has 0 aliphatic carbocycles. The molecule has 0 aliphatic heterocycles. The fourth-order valence-corrected chi connectivity index (χ4v) is 3.31. The van der Waals surface area contributed by atoms with E-state index in [0.717, 1.165) is 16.3 Å². The molecule has 5 nitrogen and oxygen atoms in total. The van der Waals surface area contributed by atoms with Crippen LogP contribution in [0, 0.1) is 11.8 Å². The van der Waals surface area contributed by atoms with Crippen LogP contribution >= 0.6 is 11.3 Å². The largest absolute Gasteiger partial charge is 0.496 e. The van der Waals surface area contributed by atoms with E-state index < -0.39 is 11.9 Å². The van der Waals surface area contributed by atoms with Crippen molar-refractivity contribution in [3.63, 3.8) is 0 Å². The molecule has 24 heavy (non-hydrogen) atoms. The molecular formula is C18H21NO4S. The zero-order valence-corrected chi connectivity index (χ0v) is 14.8. The highest BCUT2D eigenvalue weighted by Gasteiger charge is 2.25. The number of thiazole rings is 1. The lowest BCUT2D eigenvalue weighted by Gasteiger charge is -2.14. The lowest BCUT2D eigenvalue weighted by Crippen LogP contribution is -2.23. The SMILES string of the molecule is COc1ccccc1-c1nc(CC(=O)C[C@H](C(=O)O)C(C)C)cs1. The molecule has 0 saturated heterocycles. The molecule has 1 aromatic heterocycles. The number of aliphatic carboxylic acids is 1. The summed E-state index contributed by atoms with van der Waals surface area (Å²) in [6.07, 6.45) is 0.191. The molecule has 128 valence electrons. The molecular weight excluding hydrogens is 326 g/mol. The number of methoxy groups -OCH3 is 1. The number of hydrogen-bond donors (Lipinski definition) is 1. The topological polar surface area (TPSA) is 76.5 Å². The Labute approximate surface area is 145 Å². The monoisotopic (exact) mass is 347 g/mol. The number of para-hydroxylation sites is 1. The third kappa shape index (κ3) is 4.41. The van der Waals surface area contributed by atoms with Crippen molar-refractivity contribution in [2.75, 3.05) is 7.11 Å². The van der Waals surface area contributed by atoms with Crippen LogP contribution in [0.25, 0.3) is 10.6 Å². The Balaban J connectivity index is 2.08. The van der Waals surface area contributed by atoms with Gasteiger partial charge in [0.25, 0.3) is 0 Å². The summed E-state index contributed by atoms with van der Waals surface area (Å²) >= 11 is 1.45. The van der Waals surface area contributed by atoms with Crippen molar-refractivity contribution in [3.05, 3.63) is 35.3 Å². The number of hydrogen-bond acceptors (Lipinski definition) is 5. The van der Waals surface area contributed by atoms with Crippen LogP contribution in [0.4, 0.5) is 0 Å². The molecule has 1 atom stereocenters. The van der Waals surface area contributed by atoms with E-state index in [2.05, 4.69) is 4.98 Å². The minimum Gasteiger partial charge on any atom is -0.496 e. The highest BCUT2D eigenvalue weighted by molar-refractivity contribution is 7.13. The molecule has 0 fully saturated rings. The molecule has 6 heteroatoms. The van der Waals surface area contributed by atoms with Gasteiger partial charge in [0.15, 0.2) is 0 Å². The minimum atomic E-state index is -0.925. The first-order valence-corrected chi connectivity index (χ1v) is 8.62. The summed E-state index contributed by atoms with van der Waals surface area (Å²) in [5.41, 5.74) is 1.55. The fourth-order valence-electron chi connectivity index (χ4n) is 2.46. The molecule has 0 aliphatic rings. The molecule has 0 radical (unpaired) electrons. The minimum absolute atomic E-state index is 0.0362. The van der Waals surface area contributed by atoms with Crippen LogP contribution in [0.5, 0.6) is 5.75 Å². The zero-order valence-electron chi connectivity index (χ0n) is 14.0. The number of carboxylic acids is 1. The Morgan fingerprint density at radius 2 is 2.00 bits per heavy atom. The maximum Gasteiger partial charge on any atom is 0.307 e. The predicted molar refractivity (Wildman–Crippen MR) is 93.4 cm³/mol. The van der Waals surface area contributed by atoms with Gasteiger partial charge in [0.2, 0.25) is 0 Å². The lowest BCUT2D eigenvalue weighted by molar-refractivity contribution is -0.145. The quantitative estimate of drug-likeness (QED) is 0.788. The van der Waals surface area contributed by atoms with Gasteiger partial charge in [0, 0.05) is 18.2 Å². The van der Waals surface area contributed by atoms with E-state index in [-0.39, 0.29) is 24.5 Å². The van der Waals surface area contributed by atoms with E-state index >= 15 is 0 Å². The maximum atomic E-state index is 12.2. The lowest BCUT2D eigenvalue weighted by atomic mass is 9.90. The second-order valence-electron chi connectivity index (χ2n) is 5.95. The first kappa shape index (κ1) is 18.1. The number of carbonyl (C=O) groups excluding carboxylic acids is 1. The first-order valence-electron chi connectivity index (χ1n) is 7.74. The number of carboxylic acid groups (broad SMARTS) is 1. The Hall–Kier alpha value is -2.21. The van der Waals surface area contributed by atoms with E-state index in [1.165, 1.54) is 11.3 Å². The maximum absolute atomic E-state index is 12.2. The van der Waals surface area contributed by atoms with Crippen LogP contribution in [0.15, 0.2) is 29.6 Å². The number of nitrogens with zero attached hydrogens (tertiary/aromatic N) is 1. The standard InChI is InChI=1S/C18H21NO4S/c1-11(2)15(18(21)22)9-13(20)8-12-10-24-17(19-12)14-6-4-5-7-16(14)23-3/h4-7,10-11,15H,8-9H2,1-3H3,(H,21,22)/t15-/m0/s1. The van der Waals surface area contributed by atoms with Gasteiger partial charge in [-0.15, -0.1) is 11.3 Å². The number of rotatable bonds is 8. The van der Waals surface area contributed by atoms with Gasteiger partial charge in [-0.3, -0.25) is 9.59 Å². The van der Waals surface area contributed by atoms with Crippen LogP contribution in [-0.2, 0) is 16.0 Å². The van der Waals surface area contributed by atoms with Crippen molar-refractivity contribution in [1.82, 2.24) is 4.98 Å². The molecule has 0 unspecified atom stereocenters. The normalized spacial score (nSPS) is 12.2. The summed E-state index contributed by atoms with van der Waals surface area (Å²) in [6.45, 7) is 3.63. The van der Waals surface area contributed by atoms with E-state index in [0.29, 0.717) is 5.69 Å². The molecule has 2 aromatic rings. The van der Waals surface area contributed by atoms with Crippen molar-refractivity contribution in [2.45, 2.75) is 26.7 Å². The summed E-state index contributed by atoms with van der Waals surface area (Å²) in [5.74, 6) is -1.02. The molecule has 1 heterocycles. The second-order valence-corrected chi connectivity index (χ2v) is 6.81. The molecule has 0 saturated carbocycles. The average molecular weight is 347 g/mol. The molecule has 1 N–H and O–H groups in total. The van der Waals surface area contributed by atoms with Crippen molar-refractivity contribution in [3.8, 4) is 16.3 Å². The van der Waals surface area contributed by atoms with Gasteiger partial charge in [-0.1, -0.05) is 26.0 Å². The Kier molecular flexibility index (Phi) is 6.09. The number of Topliss-reactive ketones (excluding diaryl/α,β-unsaturated/α-hetero) is 1. The molecule has 0 amide bonds. The first-order chi connectivity index (χ1) is 11.4. The van der Waals surface area contributed by atoms with E-state index in [1.54, 1.807) is 7.11 Å². The summed E-state index contributed by atoms with van der Waals surface area (Å²) < 4.78 is 5.33. The van der Waals surface area contributed by atoms with Crippen molar-refractivity contribution in [1.29, 1.82) is 0 Å². The number of ketones is 1. The van der Waals surface area contributed by atoms with Crippen molar-refractivity contribution < 1.29 is 19.4 Å². The summed E-state index contributed by atoms with van der Waals surface area (Å²) in [4.78, 5) is 27.9. The summed E-state index contributed by atoms with van der Waals surface area (Å²) in [6, 6.07) is 7.58. The van der Waals surface area contributed by atoms with Crippen LogP contribution in [0.1, 0.15) is 26.0 Å². The van der Waals surface area contributed by atoms with Crippen molar-refractivity contribution >= 4 is 23.1 Å². The van der Waals surface area contributed by atoms with E-state index in [1.807, 2.05) is 43.5 Å². The van der Waals surface area contributed by atoms with Gasteiger partial charge < -0.3 is 9.84 Å².